The molecule has 0 saturated heterocycles. The highest BCUT2D eigenvalue weighted by molar-refractivity contribution is 7.90. The lowest BCUT2D eigenvalue weighted by Gasteiger charge is -2.08. The average Bonchev–Trinajstić information content (AvgIpc) is 2.74. The summed E-state index contributed by atoms with van der Waals surface area (Å²) in [5, 5.41) is 10.7. The van der Waals surface area contributed by atoms with Gasteiger partial charge < -0.3 is 4.74 Å². The summed E-state index contributed by atoms with van der Waals surface area (Å²) in [5.41, 5.74) is 0.101. The van der Waals surface area contributed by atoms with E-state index in [-0.39, 0.29) is 21.7 Å². The zero-order valence-corrected chi connectivity index (χ0v) is 15.7. The van der Waals surface area contributed by atoms with E-state index in [1.165, 1.54) is 24.3 Å². The van der Waals surface area contributed by atoms with Gasteiger partial charge in [-0.2, -0.15) is 8.42 Å². The van der Waals surface area contributed by atoms with Crippen molar-refractivity contribution in [3.05, 3.63) is 106 Å². The van der Waals surface area contributed by atoms with Crippen LogP contribution in [0.15, 0.2) is 94.2 Å². The molecule has 3 rings (SSSR count). The molecule has 0 N–H and O–H groups in total. The number of nitro benzene ring substituents is 1. The number of nitro groups is 1. The molecule has 8 nitrogen and oxygen atoms in total. The first-order valence-corrected chi connectivity index (χ1v) is 9.73. The van der Waals surface area contributed by atoms with E-state index in [0.29, 0.717) is 0 Å². The molecule has 0 heterocycles. The highest BCUT2D eigenvalue weighted by atomic mass is 32.2. The fourth-order valence-corrected chi connectivity index (χ4v) is 3.30. The molecule has 3 aromatic rings. The molecule has 0 aromatic heterocycles. The molecule has 3 aromatic carbocycles. The molecule has 29 heavy (non-hydrogen) atoms. The van der Waals surface area contributed by atoms with Crippen molar-refractivity contribution in [1.29, 1.82) is 0 Å². The molecule has 0 amide bonds. The normalized spacial score (nSPS) is 11.7. The highest BCUT2D eigenvalue weighted by Crippen LogP contribution is 2.17. The standard InChI is InChI=1S/C20H14N2O6S/c23-20(16-11-13-17(14-12-16)22(24)25)28-19(15-7-3-1-4-8-15)21-29(26,27)18-9-5-2-6-10-18/h1-14H. The monoisotopic (exact) mass is 410 g/mol. The van der Waals surface area contributed by atoms with Crippen LogP contribution in [0.1, 0.15) is 15.9 Å². The lowest BCUT2D eigenvalue weighted by Crippen LogP contribution is -2.16. The highest BCUT2D eigenvalue weighted by Gasteiger charge is 2.20. The summed E-state index contributed by atoms with van der Waals surface area (Å²) in [6.07, 6.45) is 0. The van der Waals surface area contributed by atoms with E-state index < -0.39 is 26.8 Å². The Labute approximate surface area is 166 Å². The SMILES string of the molecule is O=C(OC(=NS(=O)(=O)c1ccccc1)c1ccccc1)c1ccc([N+](=O)[O-])cc1. The molecule has 0 radical (unpaired) electrons. The third-order valence-corrected chi connectivity index (χ3v) is 5.04. The molecule has 0 unspecified atom stereocenters. The molecule has 0 spiro atoms. The zero-order chi connectivity index (χ0) is 20.9. The van der Waals surface area contributed by atoms with Crippen LogP contribution in [0.2, 0.25) is 0 Å². The van der Waals surface area contributed by atoms with Crippen LogP contribution in [0.5, 0.6) is 0 Å². The van der Waals surface area contributed by atoms with Gasteiger partial charge in [0.25, 0.3) is 15.7 Å². The van der Waals surface area contributed by atoms with E-state index in [4.69, 9.17) is 4.74 Å². The van der Waals surface area contributed by atoms with E-state index in [0.717, 1.165) is 12.1 Å². The fourth-order valence-electron chi connectivity index (χ4n) is 2.33. The largest absolute Gasteiger partial charge is 0.402 e. The number of hydrogen-bond donors (Lipinski definition) is 0. The van der Waals surface area contributed by atoms with Crippen molar-refractivity contribution < 1.29 is 22.9 Å². The molecular formula is C20H14N2O6S. The first kappa shape index (κ1) is 19.9. The topological polar surface area (TPSA) is 116 Å². The molecule has 0 fully saturated rings. The van der Waals surface area contributed by atoms with Crippen LogP contribution in [0.3, 0.4) is 0 Å². The van der Waals surface area contributed by atoms with Crippen molar-refractivity contribution in [2.24, 2.45) is 4.40 Å². The van der Waals surface area contributed by atoms with E-state index in [9.17, 15) is 23.3 Å². The van der Waals surface area contributed by atoms with Crippen LogP contribution in [0, 0.1) is 10.1 Å². The van der Waals surface area contributed by atoms with E-state index >= 15 is 0 Å². The Kier molecular flexibility index (Phi) is 5.79. The Bertz CT molecular complexity index is 1160. The van der Waals surface area contributed by atoms with Crippen LogP contribution in [-0.4, -0.2) is 25.2 Å². The minimum absolute atomic E-state index is 0.0105. The third kappa shape index (κ3) is 4.90. The Balaban J connectivity index is 1.97. The van der Waals surface area contributed by atoms with Gasteiger partial charge in [-0.15, -0.1) is 4.40 Å². The summed E-state index contributed by atoms with van der Waals surface area (Å²) in [5.74, 6) is -1.30. The molecule has 0 aliphatic heterocycles. The number of nitrogens with zero attached hydrogens (tertiary/aromatic N) is 2. The summed E-state index contributed by atoms with van der Waals surface area (Å²) >= 11 is 0. The Morgan fingerprint density at radius 3 is 1.93 bits per heavy atom. The maximum atomic E-state index is 12.6. The fraction of sp³-hybridized carbons (Fsp3) is 0. The van der Waals surface area contributed by atoms with Crippen molar-refractivity contribution in [3.63, 3.8) is 0 Å². The van der Waals surface area contributed by atoms with E-state index in [2.05, 4.69) is 4.40 Å². The average molecular weight is 410 g/mol. The van der Waals surface area contributed by atoms with Gasteiger partial charge in [-0.3, -0.25) is 10.1 Å². The third-order valence-electron chi connectivity index (χ3n) is 3.77. The van der Waals surface area contributed by atoms with Crippen molar-refractivity contribution >= 4 is 27.6 Å². The number of hydrogen-bond acceptors (Lipinski definition) is 6. The van der Waals surface area contributed by atoms with Crippen molar-refractivity contribution in [3.8, 4) is 0 Å². The smallest absolute Gasteiger partial charge is 0.344 e. The van der Waals surface area contributed by atoms with Gasteiger partial charge in [0.05, 0.1) is 15.4 Å². The van der Waals surface area contributed by atoms with Gasteiger partial charge in [-0.1, -0.05) is 36.4 Å². The second-order valence-corrected chi connectivity index (χ2v) is 7.35. The van der Waals surface area contributed by atoms with Gasteiger partial charge in [-0.25, -0.2) is 4.79 Å². The number of carbonyl (C=O) groups excluding carboxylic acids is 1. The number of rotatable bonds is 5. The molecule has 0 atom stereocenters. The summed E-state index contributed by atoms with van der Waals surface area (Å²) in [4.78, 5) is 22.5. The maximum absolute atomic E-state index is 12.6. The van der Waals surface area contributed by atoms with Gasteiger partial charge in [0.15, 0.2) is 0 Å². The number of sulfonamides is 1. The predicted molar refractivity (Wildman–Crippen MR) is 105 cm³/mol. The van der Waals surface area contributed by atoms with Gasteiger partial charge in [0, 0.05) is 17.7 Å². The number of carbonyl (C=O) groups is 1. The molecule has 0 saturated carbocycles. The molecular weight excluding hydrogens is 396 g/mol. The lowest BCUT2D eigenvalue weighted by molar-refractivity contribution is -0.384. The van der Waals surface area contributed by atoms with Crippen LogP contribution in [-0.2, 0) is 14.8 Å². The van der Waals surface area contributed by atoms with Crippen molar-refractivity contribution in [2.45, 2.75) is 4.90 Å². The van der Waals surface area contributed by atoms with Crippen LogP contribution >= 0.6 is 0 Å². The second-order valence-electron chi connectivity index (χ2n) is 5.74. The van der Waals surface area contributed by atoms with Gasteiger partial charge in [-0.05, 0) is 36.4 Å². The first-order chi connectivity index (χ1) is 13.9. The summed E-state index contributed by atoms with van der Waals surface area (Å²) < 4.78 is 34.1. The Morgan fingerprint density at radius 1 is 0.828 bits per heavy atom. The van der Waals surface area contributed by atoms with Crippen molar-refractivity contribution in [1.82, 2.24) is 0 Å². The molecule has 0 bridgehead atoms. The second kappa shape index (κ2) is 8.44. The van der Waals surface area contributed by atoms with Gasteiger partial charge in [0.1, 0.15) is 0 Å². The lowest BCUT2D eigenvalue weighted by atomic mass is 10.2. The zero-order valence-electron chi connectivity index (χ0n) is 14.8. The predicted octanol–water partition coefficient (Wildman–Crippen LogP) is 3.59. The number of benzene rings is 3. The van der Waals surface area contributed by atoms with E-state index in [1.807, 2.05) is 0 Å². The Hall–Kier alpha value is -3.85. The summed E-state index contributed by atoms with van der Waals surface area (Å²) in [6, 6.07) is 20.3. The van der Waals surface area contributed by atoms with Gasteiger partial charge >= 0.3 is 5.97 Å². The molecule has 9 heteroatoms. The molecule has 146 valence electrons. The Morgan fingerprint density at radius 2 is 1.38 bits per heavy atom. The molecule has 0 aliphatic rings. The number of esters is 1. The number of ether oxygens (including phenoxy) is 1. The molecule has 0 aliphatic carbocycles. The van der Waals surface area contributed by atoms with Crippen LogP contribution in [0.4, 0.5) is 5.69 Å². The quantitative estimate of drug-likeness (QED) is 0.209. The summed E-state index contributed by atoms with van der Waals surface area (Å²) in [6.45, 7) is 0. The van der Waals surface area contributed by atoms with Crippen LogP contribution < -0.4 is 0 Å². The van der Waals surface area contributed by atoms with Crippen LogP contribution in [0.25, 0.3) is 0 Å². The minimum atomic E-state index is -4.13. The van der Waals surface area contributed by atoms with Gasteiger partial charge in [0.2, 0.25) is 5.90 Å². The van der Waals surface area contributed by atoms with Crippen molar-refractivity contribution in [2.75, 3.05) is 0 Å². The first-order valence-electron chi connectivity index (χ1n) is 8.29. The summed E-state index contributed by atoms with van der Waals surface area (Å²) in [7, 11) is -4.13. The minimum Gasteiger partial charge on any atom is -0.402 e. The maximum Gasteiger partial charge on any atom is 0.344 e. The number of non-ortho nitro benzene ring substituents is 1. The van der Waals surface area contributed by atoms with E-state index in [1.54, 1.807) is 48.5 Å².